The highest BCUT2D eigenvalue weighted by atomic mass is 32.1. The fourth-order valence-corrected chi connectivity index (χ4v) is 3.41. The summed E-state index contributed by atoms with van der Waals surface area (Å²) >= 11 is 1.19. The summed E-state index contributed by atoms with van der Waals surface area (Å²) in [6.07, 6.45) is 0. The van der Waals surface area contributed by atoms with Crippen molar-refractivity contribution < 1.29 is 14.0 Å². The first kappa shape index (κ1) is 16.9. The van der Waals surface area contributed by atoms with Crippen LogP contribution in [0.25, 0.3) is 10.2 Å². The first-order valence-electron chi connectivity index (χ1n) is 8.01. The summed E-state index contributed by atoms with van der Waals surface area (Å²) in [5.41, 5.74) is 1.01. The largest absolute Gasteiger partial charge is 0.321 e. The second-order valence-corrected chi connectivity index (χ2v) is 6.74. The molecule has 0 fully saturated rings. The van der Waals surface area contributed by atoms with Gasteiger partial charge in [-0.15, -0.1) is 11.3 Å². The number of nitrogens with zero attached hydrogens (tertiary/aromatic N) is 1. The molecule has 8 heteroatoms. The number of benzene rings is 2. The van der Waals surface area contributed by atoms with Crippen LogP contribution in [0, 0.1) is 5.82 Å². The van der Waals surface area contributed by atoms with Crippen molar-refractivity contribution in [2.45, 2.75) is 0 Å². The Morgan fingerprint density at radius 3 is 2.44 bits per heavy atom. The summed E-state index contributed by atoms with van der Waals surface area (Å²) in [5, 5.41) is 13.0. The Morgan fingerprint density at radius 2 is 1.70 bits per heavy atom. The third-order valence-electron chi connectivity index (χ3n) is 3.85. The summed E-state index contributed by atoms with van der Waals surface area (Å²) in [6.45, 7) is 0. The average Bonchev–Trinajstić information content (AvgIpc) is 3.26. The van der Waals surface area contributed by atoms with E-state index in [1.165, 1.54) is 35.6 Å². The standard InChI is InChI=1S/C19H13FN4O2S/c20-12-6-8-13(9-7-12)21-18(26)15-10-14-16(23-24-19(14)27-15)22-17(25)11-4-2-1-3-5-11/h1-10H,(H,21,26)(H2,22,23,24,25). The van der Waals surface area contributed by atoms with E-state index in [4.69, 9.17) is 0 Å². The molecule has 0 spiro atoms. The van der Waals surface area contributed by atoms with E-state index in [0.29, 0.717) is 32.2 Å². The van der Waals surface area contributed by atoms with Crippen LogP contribution in [0.4, 0.5) is 15.9 Å². The second-order valence-electron chi connectivity index (χ2n) is 5.71. The van der Waals surface area contributed by atoms with Crippen molar-refractivity contribution in [1.29, 1.82) is 0 Å². The van der Waals surface area contributed by atoms with Crippen molar-refractivity contribution in [2.75, 3.05) is 10.6 Å². The molecule has 2 amide bonds. The average molecular weight is 380 g/mol. The quantitative estimate of drug-likeness (QED) is 0.494. The number of thiophene rings is 1. The summed E-state index contributed by atoms with van der Waals surface area (Å²) < 4.78 is 13.0. The lowest BCUT2D eigenvalue weighted by Crippen LogP contribution is -2.12. The lowest BCUT2D eigenvalue weighted by Gasteiger charge is -2.03. The number of hydrogen-bond donors (Lipinski definition) is 3. The minimum Gasteiger partial charge on any atom is -0.321 e. The molecule has 0 bridgehead atoms. The van der Waals surface area contributed by atoms with E-state index in [9.17, 15) is 14.0 Å². The van der Waals surface area contributed by atoms with Gasteiger partial charge in [-0.25, -0.2) is 4.39 Å². The van der Waals surface area contributed by atoms with Gasteiger partial charge in [-0.05, 0) is 42.5 Å². The minimum absolute atomic E-state index is 0.273. The van der Waals surface area contributed by atoms with E-state index in [-0.39, 0.29) is 17.6 Å². The van der Waals surface area contributed by atoms with Crippen LogP contribution in [0.5, 0.6) is 0 Å². The first-order valence-corrected chi connectivity index (χ1v) is 8.83. The number of amides is 2. The van der Waals surface area contributed by atoms with Crippen LogP contribution in [-0.4, -0.2) is 22.0 Å². The van der Waals surface area contributed by atoms with Crippen molar-refractivity contribution in [3.63, 3.8) is 0 Å². The summed E-state index contributed by atoms with van der Waals surface area (Å²) in [6, 6.07) is 16.0. The van der Waals surface area contributed by atoms with Gasteiger partial charge in [0, 0.05) is 11.3 Å². The van der Waals surface area contributed by atoms with Gasteiger partial charge in [0.1, 0.15) is 16.5 Å². The normalized spacial score (nSPS) is 10.7. The zero-order chi connectivity index (χ0) is 18.8. The molecule has 0 saturated heterocycles. The molecule has 0 saturated carbocycles. The molecule has 27 heavy (non-hydrogen) atoms. The smallest absolute Gasteiger partial charge is 0.265 e. The van der Waals surface area contributed by atoms with Crippen LogP contribution in [0.1, 0.15) is 20.0 Å². The highest BCUT2D eigenvalue weighted by Gasteiger charge is 2.17. The third kappa shape index (κ3) is 3.56. The molecule has 2 aromatic heterocycles. The lowest BCUT2D eigenvalue weighted by atomic mass is 10.2. The van der Waals surface area contributed by atoms with Gasteiger partial charge < -0.3 is 10.6 Å². The van der Waals surface area contributed by atoms with Crippen LogP contribution < -0.4 is 10.6 Å². The maximum atomic E-state index is 13.0. The van der Waals surface area contributed by atoms with Crippen LogP contribution >= 0.6 is 11.3 Å². The molecular formula is C19H13FN4O2S. The number of fused-ring (bicyclic) bond motifs is 1. The molecule has 0 aliphatic heterocycles. The molecule has 0 unspecified atom stereocenters. The predicted molar refractivity (Wildman–Crippen MR) is 103 cm³/mol. The monoisotopic (exact) mass is 380 g/mol. The van der Waals surface area contributed by atoms with Crippen molar-refractivity contribution in [3.05, 3.63) is 76.9 Å². The SMILES string of the molecule is O=C(Nc1[nH]nc2sc(C(=O)Nc3ccc(F)cc3)cc12)c1ccccc1. The number of anilines is 2. The van der Waals surface area contributed by atoms with E-state index in [1.807, 2.05) is 6.07 Å². The third-order valence-corrected chi connectivity index (χ3v) is 4.88. The highest BCUT2D eigenvalue weighted by molar-refractivity contribution is 7.20. The fourth-order valence-electron chi connectivity index (χ4n) is 2.52. The molecule has 2 heterocycles. The molecule has 4 aromatic rings. The van der Waals surface area contributed by atoms with Crippen molar-refractivity contribution in [3.8, 4) is 0 Å². The molecule has 0 aliphatic rings. The van der Waals surface area contributed by atoms with E-state index in [0.717, 1.165) is 0 Å². The van der Waals surface area contributed by atoms with E-state index in [1.54, 1.807) is 30.3 Å². The molecule has 0 aliphatic carbocycles. The number of aromatic nitrogens is 2. The van der Waals surface area contributed by atoms with Gasteiger partial charge in [0.2, 0.25) is 0 Å². The van der Waals surface area contributed by atoms with Gasteiger partial charge >= 0.3 is 0 Å². The number of hydrogen-bond acceptors (Lipinski definition) is 4. The number of halogens is 1. The van der Waals surface area contributed by atoms with Gasteiger partial charge in [0.05, 0.1) is 10.3 Å². The number of rotatable bonds is 4. The van der Waals surface area contributed by atoms with Crippen LogP contribution in [0.2, 0.25) is 0 Å². The Balaban J connectivity index is 1.54. The molecule has 2 aromatic carbocycles. The highest BCUT2D eigenvalue weighted by Crippen LogP contribution is 2.30. The molecule has 4 rings (SSSR count). The Morgan fingerprint density at radius 1 is 0.963 bits per heavy atom. The van der Waals surface area contributed by atoms with Gasteiger partial charge in [0.15, 0.2) is 0 Å². The maximum absolute atomic E-state index is 13.0. The fraction of sp³-hybridized carbons (Fsp3) is 0. The minimum atomic E-state index is -0.374. The molecule has 3 N–H and O–H groups in total. The van der Waals surface area contributed by atoms with E-state index in [2.05, 4.69) is 20.8 Å². The Kier molecular flexibility index (Phi) is 4.39. The number of aromatic amines is 1. The van der Waals surface area contributed by atoms with Crippen molar-refractivity contribution >= 4 is 44.9 Å². The van der Waals surface area contributed by atoms with Gasteiger partial charge in [-0.3, -0.25) is 14.7 Å². The van der Waals surface area contributed by atoms with Crippen LogP contribution in [0.3, 0.4) is 0 Å². The second kappa shape index (κ2) is 7.00. The number of carbonyl (C=O) groups excluding carboxylic acids is 2. The zero-order valence-corrected chi connectivity index (χ0v) is 14.6. The van der Waals surface area contributed by atoms with E-state index >= 15 is 0 Å². The van der Waals surface area contributed by atoms with Gasteiger partial charge in [-0.2, -0.15) is 5.10 Å². The topological polar surface area (TPSA) is 86.9 Å². The van der Waals surface area contributed by atoms with Crippen molar-refractivity contribution in [1.82, 2.24) is 10.2 Å². The Bertz CT molecular complexity index is 1120. The molecule has 0 atom stereocenters. The van der Waals surface area contributed by atoms with Crippen LogP contribution in [-0.2, 0) is 0 Å². The van der Waals surface area contributed by atoms with Gasteiger partial charge in [-0.1, -0.05) is 18.2 Å². The lowest BCUT2D eigenvalue weighted by molar-refractivity contribution is 0.102. The van der Waals surface area contributed by atoms with Gasteiger partial charge in [0.25, 0.3) is 11.8 Å². The maximum Gasteiger partial charge on any atom is 0.265 e. The molecule has 6 nitrogen and oxygen atoms in total. The van der Waals surface area contributed by atoms with Crippen molar-refractivity contribution in [2.24, 2.45) is 0 Å². The summed E-state index contributed by atoms with van der Waals surface area (Å²) in [5.74, 6) is -0.549. The molecular weight excluding hydrogens is 367 g/mol. The number of carbonyl (C=O) groups is 2. The summed E-state index contributed by atoms with van der Waals surface area (Å²) in [7, 11) is 0. The Hall–Kier alpha value is -3.52. The molecule has 0 radical (unpaired) electrons. The Labute approximate surface area is 157 Å². The first-order chi connectivity index (χ1) is 13.1. The predicted octanol–water partition coefficient (Wildman–Crippen LogP) is 4.27. The molecule has 134 valence electrons. The summed E-state index contributed by atoms with van der Waals surface area (Å²) in [4.78, 5) is 25.7. The zero-order valence-electron chi connectivity index (χ0n) is 13.8. The number of nitrogens with one attached hydrogen (secondary N) is 3. The van der Waals surface area contributed by atoms with E-state index < -0.39 is 0 Å². The van der Waals surface area contributed by atoms with Crippen LogP contribution in [0.15, 0.2) is 60.7 Å². The number of H-pyrrole nitrogens is 1.